The number of phosphoric ester groups is 2. The van der Waals surface area contributed by atoms with Crippen LogP contribution in [0.5, 0.6) is 0 Å². The number of esters is 3. The molecule has 0 rings (SSSR count). The van der Waals surface area contributed by atoms with Crippen molar-refractivity contribution in [3.8, 4) is 0 Å². The van der Waals surface area contributed by atoms with Crippen molar-refractivity contribution in [1.82, 2.24) is 0 Å². The Morgan fingerprint density at radius 3 is 1.05 bits per heavy atom. The molecule has 4 N–H and O–H groups in total. The van der Waals surface area contributed by atoms with Crippen LogP contribution in [0.1, 0.15) is 252 Å². The summed E-state index contributed by atoms with van der Waals surface area (Å²) in [6.45, 7) is 2.42. The van der Waals surface area contributed by atoms with Crippen molar-refractivity contribution >= 4 is 33.6 Å². The summed E-state index contributed by atoms with van der Waals surface area (Å²) in [5.74, 6) is -1.62. The van der Waals surface area contributed by atoms with Crippen molar-refractivity contribution in [2.75, 3.05) is 39.6 Å². The molecule has 0 aliphatic rings. The van der Waals surface area contributed by atoms with E-state index in [4.69, 9.17) is 32.3 Å². The standard InChI is InChI=1S/C67H116O16P2/c1-4-7-10-13-16-19-22-25-27-28-29-30-31-32-34-37-38-41-44-47-50-53-65(70)77-56-62(68)57-79-84(73,74)80-58-63(69)59-81-85(75,76)82-61-64(83-67(72)55-52-49-46-43-40-35-24-21-18-15-12-9-6-3)60-78-66(71)54-51-48-45-42-39-36-33-26-23-20-17-14-11-8-5-2/h7,10,12,15-16,19,21,24-27,29-30,32-34,62-64,68-69H,4-6,8-9,11,13-14,17-18,20,22-23,28,31,35-61H2,1-3H3,(H,73,74)(H,75,76)/b10-7-,15-12-,19-16-,24-21-,27-25-,30-29-,33-26-,34-32-. The molecule has 0 aliphatic carbocycles. The monoisotopic (exact) mass is 1240 g/mol. The van der Waals surface area contributed by atoms with Gasteiger partial charge >= 0.3 is 33.6 Å². The Morgan fingerprint density at radius 2 is 0.647 bits per heavy atom. The molecule has 16 nitrogen and oxygen atoms in total. The number of carbonyl (C=O) groups excluding carboxylic acids is 3. The van der Waals surface area contributed by atoms with Crippen molar-refractivity contribution in [2.45, 2.75) is 270 Å². The van der Waals surface area contributed by atoms with Gasteiger partial charge in [0.15, 0.2) is 6.10 Å². The molecule has 85 heavy (non-hydrogen) atoms. The Morgan fingerprint density at radius 1 is 0.341 bits per heavy atom. The van der Waals surface area contributed by atoms with Crippen LogP contribution in [0.15, 0.2) is 97.2 Å². The first-order chi connectivity index (χ1) is 41.2. The average molecular weight is 1240 g/mol. The average Bonchev–Trinajstić information content (AvgIpc) is 3.51. The zero-order chi connectivity index (χ0) is 62.4. The maximum absolute atomic E-state index is 12.9. The lowest BCUT2D eigenvalue weighted by Gasteiger charge is -2.21. The number of ether oxygens (including phenoxy) is 3. The molecule has 0 saturated carbocycles. The number of aliphatic hydroxyl groups is 2. The van der Waals surface area contributed by atoms with Crippen LogP contribution in [0.2, 0.25) is 0 Å². The summed E-state index contributed by atoms with van der Waals surface area (Å²) in [6, 6.07) is 0. The normalized spacial score (nSPS) is 15.0. The van der Waals surface area contributed by atoms with E-state index in [0.717, 1.165) is 154 Å². The Bertz CT molecular complexity index is 1940. The SMILES string of the molecule is CC/C=C\C/C=C\C/C=C\C/C=C\C/C=C\CCCCCCCC(=O)OCC(O)COP(=O)(O)OCC(O)COP(=O)(O)OCC(COC(=O)CCCCCCC/C=C\CCCCCCCC)OC(=O)CCCCCCC/C=C\C/C=C\CCC. The molecule has 0 aromatic heterocycles. The predicted octanol–water partition coefficient (Wildman–Crippen LogP) is 17.5. The first-order valence-corrected chi connectivity index (χ1v) is 35.5. The number of rotatable bonds is 61. The zero-order valence-electron chi connectivity index (χ0n) is 52.8. The minimum atomic E-state index is -4.93. The highest BCUT2D eigenvalue weighted by atomic mass is 31.2. The smallest absolute Gasteiger partial charge is 0.463 e. The number of phosphoric acid groups is 2. The molecule has 0 spiro atoms. The van der Waals surface area contributed by atoms with Crippen molar-refractivity contribution < 1.29 is 75.8 Å². The summed E-state index contributed by atoms with van der Waals surface area (Å²) in [4.78, 5) is 58.2. The van der Waals surface area contributed by atoms with Crippen LogP contribution < -0.4 is 0 Å². The van der Waals surface area contributed by atoms with Gasteiger partial charge in [-0.3, -0.25) is 32.5 Å². The van der Waals surface area contributed by atoms with E-state index in [1.165, 1.54) is 38.5 Å². The summed E-state index contributed by atoms with van der Waals surface area (Å²) in [7, 11) is -9.78. The number of hydrogen-bond acceptors (Lipinski definition) is 14. The second-order valence-electron chi connectivity index (χ2n) is 21.5. The molecule has 0 radical (unpaired) electrons. The number of hydrogen-bond donors (Lipinski definition) is 4. The van der Waals surface area contributed by atoms with E-state index in [1.54, 1.807) is 0 Å². The van der Waals surface area contributed by atoms with Gasteiger partial charge in [0.05, 0.1) is 26.4 Å². The lowest BCUT2D eigenvalue weighted by Crippen LogP contribution is -2.30. The summed E-state index contributed by atoms with van der Waals surface area (Å²) >= 11 is 0. The molecular formula is C67H116O16P2. The summed E-state index contributed by atoms with van der Waals surface area (Å²) in [6.07, 6.45) is 64.7. The molecule has 0 aromatic carbocycles. The molecule has 490 valence electrons. The van der Waals surface area contributed by atoms with Gasteiger partial charge in [0, 0.05) is 19.3 Å². The third-order valence-electron chi connectivity index (χ3n) is 13.2. The quantitative estimate of drug-likeness (QED) is 0.0146. The van der Waals surface area contributed by atoms with Gasteiger partial charge in [-0.25, -0.2) is 9.13 Å². The topological polar surface area (TPSA) is 231 Å². The Kier molecular flexibility index (Phi) is 58.2. The number of unbranched alkanes of at least 4 members (excludes halogenated alkanes) is 22. The molecule has 5 unspecified atom stereocenters. The van der Waals surface area contributed by atoms with E-state index >= 15 is 0 Å². The van der Waals surface area contributed by atoms with Gasteiger partial charge in [0.25, 0.3) is 0 Å². The zero-order valence-corrected chi connectivity index (χ0v) is 54.5. The van der Waals surface area contributed by atoms with E-state index in [9.17, 15) is 43.5 Å². The minimum absolute atomic E-state index is 0.0860. The van der Waals surface area contributed by atoms with Gasteiger partial charge in [-0.05, 0) is 116 Å². The second kappa shape index (κ2) is 60.7. The highest BCUT2D eigenvalue weighted by Gasteiger charge is 2.29. The van der Waals surface area contributed by atoms with Gasteiger partial charge in [-0.2, -0.15) is 0 Å². The molecule has 0 aromatic rings. The van der Waals surface area contributed by atoms with E-state index in [2.05, 4.69) is 118 Å². The van der Waals surface area contributed by atoms with Crippen LogP contribution in [0, 0.1) is 0 Å². The van der Waals surface area contributed by atoms with Crippen molar-refractivity contribution in [3.63, 3.8) is 0 Å². The van der Waals surface area contributed by atoms with Crippen LogP contribution >= 0.6 is 15.6 Å². The Hall–Kier alpha value is -3.53. The lowest BCUT2D eigenvalue weighted by molar-refractivity contribution is -0.161. The Balaban J connectivity index is 4.64. The van der Waals surface area contributed by atoms with E-state index < -0.39 is 91.5 Å². The molecular weight excluding hydrogens is 1120 g/mol. The largest absolute Gasteiger partial charge is 0.472 e. The Labute approximate surface area is 514 Å². The first-order valence-electron chi connectivity index (χ1n) is 32.5. The van der Waals surface area contributed by atoms with Gasteiger partial charge in [0.1, 0.15) is 25.4 Å². The highest BCUT2D eigenvalue weighted by Crippen LogP contribution is 2.45. The van der Waals surface area contributed by atoms with Crippen LogP contribution in [-0.2, 0) is 55.8 Å². The molecule has 0 amide bonds. The van der Waals surface area contributed by atoms with Gasteiger partial charge < -0.3 is 34.2 Å². The number of carbonyl (C=O) groups is 3. The summed E-state index contributed by atoms with van der Waals surface area (Å²) < 4.78 is 60.7. The third kappa shape index (κ3) is 61.9. The molecule has 0 heterocycles. The summed E-state index contributed by atoms with van der Waals surface area (Å²) in [5.41, 5.74) is 0. The number of allylic oxidation sites excluding steroid dienone is 16. The second-order valence-corrected chi connectivity index (χ2v) is 24.4. The van der Waals surface area contributed by atoms with E-state index in [0.29, 0.717) is 19.3 Å². The van der Waals surface area contributed by atoms with Gasteiger partial charge in [0.2, 0.25) is 0 Å². The predicted molar refractivity (Wildman–Crippen MR) is 344 cm³/mol. The van der Waals surface area contributed by atoms with Gasteiger partial charge in [-0.1, -0.05) is 214 Å². The van der Waals surface area contributed by atoms with Crippen LogP contribution in [-0.4, -0.2) is 95.9 Å². The van der Waals surface area contributed by atoms with Crippen molar-refractivity contribution in [1.29, 1.82) is 0 Å². The first kappa shape index (κ1) is 81.5. The third-order valence-corrected chi connectivity index (χ3v) is 15.1. The fourth-order valence-corrected chi connectivity index (χ4v) is 9.86. The lowest BCUT2D eigenvalue weighted by atomic mass is 10.1. The molecule has 18 heteroatoms. The van der Waals surface area contributed by atoms with Crippen LogP contribution in [0.25, 0.3) is 0 Å². The molecule has 0 bridgehead atoms. The molecule has 0 saturated heterocycles. The van der Waals surface area contributed by atoms with Crippen molar-refractivity contribution in [2.24, 2.45) is 0 Å². The van der Waals surface area contributed by atoms with Crippen LogP contribution in [0.4, 0.5) is 0 Å². The molecule has 0 fully saturated rings. The fraction of sp³-hybridized carbons (Fsp3) is 0.716. The van der Waals surface area contributed by atoms with Crippen LogP contribution in [0.3, 0.4) is 0 Å². The highest BCUT2D eigenvalue weighted by molar-refractivity contribution is 7.47. The number of aliphatic hydroxyl groups excluding tert-OH is 2. The fourth-order valence-electron chi connectivity index (χ4n) is 8.27. The molecule has 5 atom stereocenters. The maximum Gasteiger partial charge on any atom is 0.472 e. The van der Waals surface area contributed by atoms with E-state index in [-0.39, 0.29) is 19.3 Å². The maximum atomic E-state index is 12.9. The molecule has 0 aliphatic heterocycles. The minimum Gasteiger partial charge on any atom is -0.463 e. The van der Waals surface area contributed by atoms with E-state index in [1.807, 2.05) is 0 Å². The van der Waals surface area contributed by atoms with Crippen molar-refractivity contribution in [3.05, 3.63) is 97.2 Å². The summed E-state index contributed by atoms with van der Waals surface area (Å²) in [5, 5.41) is 20.5. The van der Waals surface area contributed by atoms with Gasteiger partial charge in [-0.15, -0.1) is 0 Å².